The van der Waals surface area contributed by atoms with Crippen molar-refractivity contribution in [3.63, 3.8) is 0 Å². The summed E-state index contributed by atoms with van der Waals surface area (Å²) in [6, 6.07) is 8.10. The lowest BCUT2D eigenvalue weighted by Crippen LogP contribution is -2.52. The number of benzene rings is 1. The summed E-state index contributed by atoms with van der Waals surface area (Å²) < 4.78 is 0. The third kappa shape index (κ3) is 2.91. The molecule has 0 heterocycles. The van der Waals surface area contributed by atoms with Gasteiger partial charge in [-0.1, -0.05) is 0 Å². The fourth-order valence-electron chi connectivity index (χ4n) is 1.75. The Hall–Kier alpha value is -2.35. The molecule has 0 aliphatic rings. The highest BCUT2D eigenvalue weighted by Gasteiger charge is 2.37. The molecular weight excluding hydrogens is 244 g/mol. The summed E-state index contributed by atoms with van der Waals surface area (Å²) in [4.78, 5) is 24.8. The average molecular weight is 260 g/mol. The molecule has 0 aromatic heterocycles. The number of nitriles is 1. The summed E-state index contributed by atoms with van der Waals surface area (Å²) in [5, 5.41) is 17.9. The smallest absolute Gasteiger partial charge is 0.329 e. The van der Waals surface area contributed by atoms with E-state index in [9.17, 15) is 14.7 Å². The summed E-state index contributed by atoms with van der Waals surface area (Å²) in [6.45, 7) is 4.99. The highest BCUT2D eigenvalue weighted by molar-refractivity contribution is 5.97. The maximum atomic E-state index is 12.3. The number of carbonyl (C=O) groups is 2. The molecule has 0 saturated carbocycles. The van der Waals surface area contributed by atoms with Crippen LogP contribution in [0.2, 0.25) is 0 Å². The number of carboxylic acids is 1. The Bertz CT molecular complexity index is 527. The lowest BCUT2D eigenvalue weighted by Gasteiger charge is -2.34. The molecule has 0 saturated heterocycles. The van der Waals surface area contributed by atoms with Crippen LogP contribution in [-0.4, -0.2) is 34.0 Å². The Kier molecular flexibility index (Phi) is 4.28. The molecule has 1 rings (SSSR count). The molecular formula is C14H16N2O3. The van der Waals surface area contributed by atoms with Crippen LogP contribution in [0.25, 0.3) is 0 Å². The van der Waals surface area contributed by atoms with Crippen LogP contribution in [0.1, 0.15) is 36.7 Å². The van der Waals surface area contributed by atoms with E-state index in [1.54, 1.807) is 6.92 Å². The normalized spacial score (nSPS) is 10.6. The zero-order valence-corrected chi connectivity index (χ0v) is 11.2. The van der Waals surface area contributed by atoms with Crippen LogP contribution >= 0.6 is 0 Å². The summed E-state index contributed by atoms with van der Waals surface area (Å²) in [7, 11) is 0. The predicted molar refractivity (Wildman–Crippen MR) is 69.6 cm³/mol. The second-order valence-electron chi connectivity index (χ2n) is 4.60. The van der Waals surface area contributed by atoms with E-state index in [0.717, 1.165) is 0 Å². The van der Waals surface area contributed by atoms with Crippen LogP contribution in [-0.2, 0) is 4.79 Å². The van der Waals surface area contributed by atoms with E-state index < -0.39 is 11.5 Å². The molecule has 0 aliphatic heterocycles. The fourth-order valence-corrected chi connectivity index (χ4v) is 1.75. The molecule has 1 aromatic rings. The van der Waals surface area contributed by atoms with E-state index in [-0.39, 0.29) is 12.5 Å². The van der Waals surface area contributed by atoms with Gasteiger partial charge in [-0.25, -0.2) is 4.79 Å². The maximum Gasteiger partial charge on any atom is 0.329 e. The van der Waals surface area contributed by atoms with Gasteiger partial charge in [0.15, 0.2) is 0 Å². The molecule has 0 atom stereocenters. The van der Waals surface area contributed by atoms with Gasteiger partial charge in [-0.15, -0.1) is 0 Å². The van der Waals surface area contributed by atoms with Gasteiger partial charge in [-0.2, -0.15) is 5.26 Å². The van der Waals surface area contributed by atoms with Gasteiger partial charge in [0.25, 0.3) is 5.91 Å². The maximum absolute atomic E-state index is 12.3. The lowest BCUT2D eigenvalue weighted by atomic mass is 10.0. The molecule has 0 radical (unpaired) electrons. The Morgan fingerprint density at radius 2 is 1.84 bits per heavy atom. The minimum absolute atomic E-state index is 0.290. The van der Waals surface area contributed by atoms with E-state index in [0.29, 0.717) is 11.1 Å². The second kappa shape index (κ2) is 5.53. The van der Waals surface area contributed by atoms with Crippen LogP contribution < -0.4 is 0 Å². The van der Waals surface area contributed by atoms with Gasteiger partial charge in [-0.3, -0.25) is 4.79 Å². The van der Waals surface area contributed by atoms with Crippen LogP contribution in [0, 0.1) is 11.3 Å². The molecule has 0 fully saturated rings. The monoisotopic (exact) mass is 260 g/mol. The molecule has 0 spiro atoms. The van der Waals surface area contributed by atoms with Gasteiger partial charge in [-0.05, 0) is 45.0 Å². The van der Waals surface area contributed by atoms with Crippen molar-refractivity contribution in [2.24, 2.45) is 0 Å². The number of aliphatic carboxylic acids is 1. The van der Waals surface area contributed by atoms with Crippen LogP contribution in [0.4, 0.5) is 0 Å². The SMILES string of the molecule is CCN(C(=O)c1ccc(C#N)cc1)C(C)(C)C(=O)O. The number of likely N-dealkylation sites (N-methyl/N-ethyl adjacent to an activating group) is 1. The molecule has 1 aromatic carbocycles. The Morgan fingerprint density at radius 3 is 2.21 bits per heavy atom. The van der Waals surface area contributed by atoms with Crippen LogP contribution in [0.15, 0.2) is 24.3 Å². The quantitative estimate of drug-likeness (QED) is 0.896. The number of rotatable bonds is 4. The molecule has 19 heavy (non-hydrogen) atoms. The number of hydrogen-bond donors (Lipinski definition) is 1. The lowest BCUT2D eigenvalue weighted by molar-refractivity contribution is -0.147. The summed E-state index contributed by atoms with van der Waals surface area (Å²) in [5.41, 5.74) is -0.452. The molecule has 5 heteroatoms. The second-order valence-corrected chi connectivity index (χ2v) is 4.60. The first-order chi connectivity index (χ1) is 8.84. The highest BCUT2D eigenvalue weighted by atomic mass is 16.4. The first-order valence-electron chi connectivity index (χ1n) is 5.90. The zero-order valence-electron chi connectivity index (χ0n) is 11.2. The average Bonchev–Trinajstić information content (AvgIpc) is 2.39. The van der Waals surface area contributed by atoms with Gasteiger partial charge >= 0.3 is 5.97 Å². The molecule has 1 amide bonds. The Labute approximate surface area is 112 Å². The minimum atomic E-state index is -1.28. The highest BCUT2D eigenvalue weighted by Crippen LogP contribution is 2.18. The van der Waals surface area contributed by atoms with Crippen molar-refractivity contribution in [2.45, 2.75) is 26.3 Å². The molecule has 0 unspecified atom stereocenters. The van der Waals surface area contributed by atoms with Gasteiger partial charge in [0.1, 0.15) is 5.54 Å². The Balaban J connectivity index is 3.09. The number of carbonyl (C=O) groups excluding carboxylic acids is 1. The van der Waals surface area contributed by atoms with E-state index in [4.69, 9.17) is 5.26 Å². The molecule has 0 bridgehead atoms. The van der Waals surface area contributed by atoms with E-state index in [1.165, 1.54) is 43.0 Å². The van der Waals surface area contributed by atoms with Crippen molar-refractivity contribution < 1.29 is 14.7 Å². The first kappa shape index (κ1) is 14.7. The van der Waals surface area contributed by atoms with E-state index >= 15 is 0 Å². The predicted octanol–water partition coefficient (Wildman–Crippen LogP) is 1.88. The van der Waals surface area contributed by atoms with Gasteiger partial charge in [0.2, 0.25) is 0 Å². The number of carboxylic acid groups (broad SMARTS) is 1. The van der Waals surface area contributed by atoms with E-state index in [2.05, 4.69) is 0 Å². The number of hydrogen-bond acceptors (Lipinski definition) is 3. The van der Waals surface area contributed by atoms with Crippen molar-refractivity contribution in [1.29, 1.82) is 5.26 Å². The van der Waals surface area contributed by atoms with Crippen molar-refractivity contribution >= 4 is 11.9 Å². The first-order valence-corrected chi connectivity index (χ1v) is 5.90. The molecule has 1 N–H and O–H groups in total. The van der Waals surface area contributed by atoms with Gasteiger partial charge in [0.05, 0.1) is 11.6 Å². The van der Waals surface area contributed by atoms with Gasteiger partial charge < -0.3 is 10.0 Å². The summed E-state index contributed by atoms with van der Waals surface area (Å²) in [6.07, 6.45) is 0. The largest absolute Gasteiger partial charge is 0.480 e. The Morgan fingerprint density at radius 1 is 1.32 bits per heavy atom. The van der Waals surface area contributed by atoms with Crippen LogP contribution in [0.5, 0.6) is 0 Å². The topological polar surface area (TPSA) is 81.4 Å². The standard InChI is InChI=1S/C14H16N2O3/c1-4-16(14(2,3)13(18)19)12(17)11-7-5-10(9-15)6-8-11/h5-8H,4H2,1-3H3,(H,18,19). The zero-order chi connectivity index (χ0) is 14.6. The third-order valence-electron chi connectivity index (χ3n) is 3.02. The summed E-state index contributed by atoms with van der Waals surface area (Å²) in [5.74, 6) is -1.42. The van der Waals surface area contributed by atoms with Crippen molar-refractivity contribution in [1.82, 2.24) is 4.90 Å². The van der Waals surface area contributed by atoms with Gasteiger partial charge in [0, 0.05) is 12.1 Å². The van der Waals surface area contributed by atoms with E-state index in [1.807, 2.05) is 6.07 Å². The van der Waals surface area contributed by atoms with Crippen molar-refractivity contribution in [2.75, 3.05) is 6.54 Å². The molecule has 100 valence electrons. The third-order valence-corrected chi connectivity index (χ3v) is 3.02. The van der Waals surface area contributed by atoms with Crippen LogP contribution in [0.3, 0.4) is 0 Å². The number of nitrogens with zero attached hydrogens (tertiary/aromatic N) is 2. The summed E-state index contributed by atoms with van der Waals surface area (Å²) >= 11 is 0. The molecule has 0 aliphatic carbocycles. The van der Waals surface area contributed by atoms with Crippen molar-refractivity contribution in [3.05, 3.63) is 35.4 Å². The van der Waals surface area contributed by atoms with Crippen molar-refractivity contribution in [3.8, 4) is 6.07 Å². The minimum Gasteiger partial charge on any atom is -0.480 e. The number of amides is 1. The fraction of sp³-hybridized carbons (Fsp3) is 0.357. The molecule has 5 nitrogen and oxygen atoms in total.